The van der Waals surface area contributed by atoms with Crippen molar-refractivity contribution in [1.82, 2.24) is 14.7 Å². The second-order valence-electron chi connectivity index (χ2n) is 4.89. The number of rotatable bonds is 7. The van der Waals surface area contributed by atoms with Crippen molar-refractivity contribution < 1.29 is 18.3 Å². The van der Waals surface area contributed by atoms with E-state index in [1.54, 1.807) is 6.26 Å². The number of benzene rings is 1. The summed E-state index contributed by atoms with van der Waals surface area (Å²) in [5.74, 6) is -1.08. The summed E-state index contributed by atoms with van der Waals surface area (Å²) in [6.07, 6.45) is 1.84. The normalized spacial score (nSPS) is 13.0. The highest BCUT2D eigenvalue weighted by Gasteiger charge is 2.21. The number of carbonyl (C=O) groups excluding carboxylic acids is 1. The second-order valence-corrected chi connectivity index (χ2v) is 7.59. The van der Waals surface area contributed by atoms with Crippen molar-refractivity contribution >= 4 is 38.8 Å². The Labute approximate surface area is 140 Å². The molecule has 0 saturated carbocycles. The molecule has 0 fully saturated rings. The number of aromatic nitrogens is 2. The van der Waals surface area contributed by atoms with Gasteiger partial charge in [-0.15, -0.1) is 0 Å². The molecule has 0 bridgehead atoms. The predicted molar refractivity (Wildman–Crippen MR) is 87.3 cm³/mol. The van der Waals surface area contributed by atoms with Crippen LogP contribution in [0, 0.1) is 0 Å². The Kier molecular flexibility index (Phi) is 5.47. The molecule has 1 aromatic carbocycles. The second kappa shape index (κ2) is 7.20. The predicted octanol–water partition coefficient (Wildman–Crippen LogP) is -1.63. The fraction of sp³-hybridized carbons (Fsp3) is 0.308. The maximum Gasteiger partial charge on any atom is 0.314 e. The Morgan fingerprint density at radius 3 is 2.46 bits per heavy atom. The average molecular weight is 372 g/mol. The number of carboxylic acids is 1. The Morgan fingerprint density at radius 2 is 1.88 bits per heavy atom. The van der Waals surface area contributed by atoms with E-state index in [0.29, 0.717) is 5.75 Å². The molecule has 0 aliphatic heterocycles. The highest BCUT2D eigenvalue weighted by Crippen LogP contribution is 2.15. The Bertz CT molecular complexity index is 979. The molecule has 0 amide bonds. The SMILES string of the molecule is CSCC[C@H](NS(=O)(=O)c1ccc2[nH]c(=O)c(=O)[nH]c2c1)C(=O)[O-]. The molecule has 0 unspecified atom stereocenters. The largest absolute Gasteiger partial charge is 0.548 e. The van der Waals surface area contributed by atoms with E-state index >= 15 is 0 Å². The first kappa shape index (κ1) is 18.2. The highest BCUT2D eigenvalue weighted by molar-refractivity contribution is 7.98. The molecule has 24 heavy (non-hydrogen) atoms. The van der Waals surface area contributed by atoms with Crippen LogP contribution >= 0.6 is 11.8 Å². The van der Waals surface area contributed by atoms with Gasteiger partial charge in [-0.1, -0.05) is 0 Å². The van der Waals surface area contributed by atoms with Crippen LogP contribution in [-0.2, 0) is 14.8 Å². The van der Waals surface area contributed by atoms with E-state index in [1.165, 1.54) is 23.9 Å². The molecule has 0 saturated heterocycles. The number of nitrogens with one attached hydrogen (secondary N) is 3. The summed E-state index contributed by atoms with van der Waals surface area (Å²) >= 11 is 1.37. The lowest BCUT2D eigenvalue weighted by atomic mass is 10.2. The van der Waals surface area contributed by atoms with Gasteiger partial charge in [0.05, 0.1) is 27.9 Å². The number of carbonyl (C=O) groups is 1. The van der Waals surface area contributed by atoms with Crippen molar-refractivity contribution in [3.8, 4) is 0 Å². The van der Waals surface area contributed by atoms with E-state index < -0.39 is 33.2 Å². The van der Waals surface area contributed by atoms with Crippen molar-refractivity contribution in [2.24, 2.45) is 0 Å². The van der Waals surface area contributed by atoms with Crippen molar-refractivity contribution in [2.75, 3.05) is 12.0 Å². The Morgan fingerprint density at radius 1 is 1.25 bits per heavy atom. The van der Waals surface area contributed by atoms with Gasteiger partial charge in [-0.05, 0) is 36.6 Å². The van der Waals surface area contributed by atoms with Crippen LogP contribution in [0.25, 0.3) is 11.0 Å². The van der Waals surface area contributed by atoms with Gasteiger partial charge < -0.3 is 19.9 Å². The molecule has 0 radical (unpaired) electrons. The molecule has 0 aliphatic rings. The number of thioether (sulfide) groups is 1. The van der Waals surface area contributed by atoms with Gasteiger partial charge in [0.15, 0.2) is 0 Å². The topological polar surface area (TPSA) is 152 Å². The van der Waals surface area contributed by atoms with Crippen molar-refractivity contribution in [1.29, 1.82) is 0 Å². The van der Waals surface area contributed by atoms with Crippen molar-refractivity contribution in [3.05, 3.63) is 38.9 Å². The molecule has 130 valence electrons. The minimum absolute atomic E-state index is 0.0699. The highest BCUT2D eigenvalue weighted by atomic mass is 32.2. The van der Waals surface area contributed by atoms with E-state index in [4.69, 9.17) is 0 Å². The minimum Gasteiger partial charge on any atom is -0.548 e. The van der Waals surface area contributed by atoms with Crippen LogP contribution in [0.5, 0.6) is 0 Å². The smallest absolute Gasteiger partial charge is 0.314 e. The van der Waals surface area contributed by atoms with E-state index in [1.807, 2.05) is 0 Å². The quantitative estimate of drug-likeness (QED) is 0.493. The van der Waals surface area contributed by atoms with Gasteiger partial charge in [-0.3, -0.25) is 9.59 Å². The van der Waals surface area contributed by atoms with E-state index in [-0.39, 0.29) is 22.3 Å². The lowest BCUT2D eigenvalue weighted by Gasteiger charge is -2.19. The molecule has 3 N–H and O–H groups in total. The van der Waals surface area contributed by atoms with Crippen LogP contribution in [0.1, 0.15) is 6.42 Å². The summed E-state index contributed by atoms with van der Waals surface area (Å²) in [5, 5.41) is 11.1. The summed E-state index contributed by atoms with van der Waals surface area (Å²) in [4.78, 5) is 37.9. The first-order chi connectivity index (χ1) is 11.2. The summed E-state index contributed by atoms with van der Waals surface area (Å²) in [5.41, 5.74) is -1.42. The van der Waals surface area contributed by atoms with Gasteiger partial charge in [0.1, 0.15) is 0 Å². The molecule has 9 nitrogen and oxygen atoms in total. The summed E-state index contributed by atoms with van der Waals surface area (Å²) in [6.45, 7) is 0. The summed E-state index contributed by atoms with van der Waals surface area (Å²) < 4.78 is 26.7. The first-order valence-corrected chi connectivity index (χ1v) is 9.61. The van der Waals surface area contributed by atoms with Crippen LogP contribution in [0.3, 0.4) is 0 Å². The zero-order valence-electron chi connectivity index (χ0n) is 12.5. The summed E-state index contributed by atoms with van der Waals surface area (Å²) in [6, 6.07) is 2.26. The zero-order valence-corrected chi connectivity index (χ0v) is 14.1. The third-order valence-electron chi connectivity index (χ3n) is 3.20. The molecule has 0 spiro atoms. The van der Waals surface area contributed by atoms with Crippen LogP contribution in [0.4, 0.5) is 0 Å². The fourth-order valence-corrected chi connectivity index (χ4v) is 3.69. The third-order valence-corrected chi connectivity index (χ3v) is 5.31. The van der Waals surface area contributed by atoms with Crippen LogP contribution in [0.15, 0.2) is 32.7 Å². The van der Waals surface area contributed by atoms with Crippen LogP contribution in [0.2, 0.25) is 0 Å². The minimum atomic E-state index is -4.14. The monoisotopic (exact) mass is 372 g/mol. The van der Waals surface area contributed by atoms with Crippen molar-refractivity contribution in [3.63, 3.8) is 0 Å². The first-order valence-electron chi connectivity index (χ1n) is 6.73. The summed E-state index contributed by atoms with van der Waals surface area (Å²) in [7, 11) is -4.14. The van der Waals surface area contributed by atoms with Gasteiger partial charge in [0, 0.05) is 0 Å². The fourth-order valence-electron chi connectivity index (χ4n) is 1.98. The number of aliphatic carboxylic acids is 1. The average Bonchev–Trinajstić information content (AvgIpc) is 2.51. The van der Waals surface area contributed by atoms with Gasteiger partial charge >= 0.3 is 11.1 Å². The molecule has 2 rings (SSSR count). The van der Waals surface area contributed by atoms with E-state index in [2.05, 4.69) is 14.7 Å². The number of fused-ring (bicyclic) bond motifs is 1. The molecular weight excluding hydrogens is 358 g/mol. The van der Waals surface area contributed by atoms with Crippen molar-refractivity contribution in [2.45, 2.75) is 17.4 Å². The lowest BCUT2D eigenvalue weighted by Crippen LogP contribution is -2.48. The van der Waals surface area contributed by atoms with Gasteiger partial charge in [0.25, 0.3) is 0 Å². The van der Waals surface area contributed by atoms with Gasteiger partial charge in [0.2, 0.25) is 10.0 Å². The molecular formula is C13H14N3O6S2-. The lowest BCUT2D eigenvalue weighted by molar-refractivity contribution is -0.308. The molecule has 1 heterocycles. The van der Waals surface area contributed by atoms with Gasteiger partial charge in [-0.2, -0.15) is 11.8 Å². The maximum atomic E-state index is 12.3. The Hall–Kier alpha value is -2.11. The van der Waals surface area contributed by atoms with E-state index in [0.717, 1.165) is 6.07 Å². The molecule has 0 aliphatic carbocycles. The molecule has 11 heteroatoms. The molecule has 1 atom stereocenters. The number of carboxylic acid groups (broad SMARTS) is 1. The maximum absolute atomic E-state index is 12.3. The number of hydrogen-bond acceptors (Lipinski definition) is 7. The number of hydrogen-bond donors (Lipinski definition) is 3. The standard InChI is InChI=1S/C13H15N3O6S2/c1-23-5-4-9(13(19)20)16-24(21,22)7-2-3-8-10(6-7)15-12(18)11(17)14-8/h2-3,6,9,16H,4-5H2,1H3,(H,14,17)(H,15,18)(H,19,20)/p-1/t9-/m0/s1. The van der Waals surface area contributed by atoms with Crippen LogP contribution < -0.4 is 20.9 Å². The zero-order chi connectivity index (χ0) is 17.9. The van der Waals surface area contributed by atoms with Gasteiger partial charge in [-0.25, -0.2) is 13.1 Å². The molecule has 2 aromatic rings. The van der Waals surface area contributed by atoms with Crippen LogP contribution in [-0.4, -0.2) is 42.4 Å². The molecule has 1 aromatic heterocycles. The number of sulfonamides is 1. The number of H-pyrrole nitrogens is 2. The third kappa shape index (κ3) is 4.04. The Balaban J connectivity index is 2.39. The van der Waals surface area contributed by atoms with E-state index in [9.17, 15) is 27.9 Å². The number of aromatic amines is 2.